The van der Waals surface area contributed by atoms with Gasteiger partial charge < -0.3 is 19.3 Å². The monoisotopic (exact) mass is 490 g/mol. The Morgan fingerprint density at radius 3 is 2.42 bits per heavy atom. The third-order valence-corrected chi connectivity index (χ3v) is 6.38. The van der Waals surface area contributed by atoms with Crippen LogP contribution in [0.1, 0.15) is 68.4 Å². The molecule has 5 rings (SSSR count). The Kier molecular flexibility index (Phi) is 6.38. The van der Waals surface area contributed by atoms with E-state index in [1.165, 1.54) is 22.3 Å². The molecule has 3 aromatic rings. The Morgan fingerprint density at radius 2 is 1.75 bits per heavy atom. The first-order valence-electron chi connectivity index (χ1n) is 12.2. The maximum Gasteiger partial charge on any atom is 0.410 e. The van der Waals surface area contributed by atoms with Gasteiger partial charge in [-0.15, -0.1) is 0 Å². The van der Waals surface area contributed by atoms with E-state index in [0.717, 1.165) is 6.42 Å². The van der Waals surface area contributed by atoms with Gasteiger partial charge in [-0.05, 0) is 55.9 Å². The number of carbonyl (C=O) groups is 2. The maximum absolute atomic E-state index is 13.1. The molecule has 2 amide bonds. The van der Waals surface area contributed by atoms with E-state index in [1.54, 1.807) is 25.7 Å². The number of amides is 2. The van der Waals surface area contributed by atoms with Crippen molar-refractivity contribution in [2.24, 2.45) is 0 Å². The first-order chi connectivity index (χ1) is 17.3. The minimum Gasteiger partial charge on any atom is -0.448 e. The molecule has 1 aliphatic heterocycles. The summed E-state index contributed by atoms with van der Waals surface area (Å²) in [5, 5.41) is 6.56. The van der Waals surface area contributed by atoms with Gasteiger partial charge in [0.25, 0.3) is 0 Å². The van der Waals surface area contributed by atoms with Crippen LogP contribution in [-0.4, -0.2) is 46.0 Å². The van der Waals surface area contributed by atoms with E-state index in [4.69, 9.17) is 14.0 Å². The second-order valence-electron chi connectivity index (χ2n) is 10.1. The number of likely N-dealkylation sites (tertiary alicyclic amines) is 1. The molecule has 1 aromatic heterocycles. The molecule has 0 radical (unpaired) electrons. The van der Waals surface area contributed by atoms with Crippen LogP contribution in [0.4, 0.5) is 9.59 Å². The molecule has 9 nitrogen and oxygen atoms in total. The van der Waals surface area contributed by atoms with E-state index < -0.39 is 17.8 Å². The van der Waals surface area contributed by atoms with Gasteiger partial charge in [0, 0.05) is 12.5 Å². The molecule has 2 heterocycles. The van der Waals surface area contributed by atoms with Gasteiger partial charge in [0.2, 0.25) is 5.89 Å². The highest BCUT2D eigenvalue weighted by molar-refractivity contribution is 5.79. The number of aromatic nitrogens is 2. The highest BCUT2D eigenvalue weighted by atomic mass is 16.6. The van der Waals surface area contributed by atoms with Crippen LogP contribution in [0.25, 0.3) is 11.1 Å². The molecule has 188 valence electrons. The van der Waals surface area contributed by atoms with Crippen LogP contribution < -0.4 is 5.32 Å². The molecule has 9 heteroatoms. The van der Waals surface area contributed by atoms with Gasteiger partial charge in [-0.2, -0.15) is 4.98 Å². The second kappa shape index (κ2) is 9.64. The van der Waals surface area contributed by atoms with Gasteiger partial charge in [0.15, 0.2) is 5.82 Å². The average molecular weight is 491 g/mol. The zero-order valence-corrected chi connectivity index (χ0v) is 20.7. The summed E-state index contributed by atoms with van der Waals surface area (Å²) >= 11 is 0. The zero-order valence-electron chi connectivity index (χ0n) is 20.7. The number of ether oxygens (including phenoxy) is 2. The molecule has 1 saturated heterocycles. The quantitative estimate of drug-likeness (QED) is 0.525. The molecule has 0 bridgehead atoms. The van der Waals surface area contributed by atoms with E-state index in [9.17, 15) is 9.59 Å². The fourth-order valence-corrected chi connectivity index (χ4v) is 4.86. The van der Waals surface area contributed by atoms with Crippen molar-refractivity contribution in [3.63, 3.8) is 0 Å². The molecular weight excluding hydrogens is 460 g/mol. The van der Waals surface area contributed by atoms with Gasteiger partial charge in [0.05, 0.1) is 6.54 Å². The highest BCUT2D eigenvalue weighted by Gasteiger charge is 2.36. The highest BCUT2D eigenvalue weighted by Crippen LogP contribution is 2.44. The summed E-state index contributed by atoms with van der Waals surface area (Å²) < 4.78 is 16.5. The van der Waals surface area contributed by atoms with Crippen LogP contribution in [0.15, 0.2) is 53.1 Å². The van der Waals surface area contributed by atoms with Gasteiger partial charge in [-0.1, -0.05) is 53.7 Å². The lowest BCUT2D eigenvalue weighted by Crippen LogP contribution is -2.33. The van der Waals surface area contributed by atoms with Crippen molar-refractivity contribution in [1.29, 1.82) is 0 Å². The van der Waals surface area contributed by atoms with E-state index in [2.05, 4.69) is 39.7 Å². The van der Waals surface area contributed by atoms with Crippen molar-refractivity contribution in [2.45, 2.75) is 57.7 Å². The summed E-state index contributed by atoms with van der Waals surface area (Å²) in [7, 11) is 0. The Labute approximate surface area is 209 Å². The number of benzene rings is 2. The zero-order chi connectivity index (χ0) is 25.3. The molecular formula is C27H30N4O5. The SMILES string of the molecule is CC(C)(C)OC(=O)NCc1noc([C@@H]2CCCN2C(=O)OCC2c3ccccc3-c3ccccc32)n1. The van der Waals surface area contributed by atoms with E-state index in [1.807, 2.05) is 24.3 Å². The minimum atomic E-state index is -0.597. The number of carbonyl (C=O) groups excluding carboxylic acids is 2. The molecule has 0 unspecified atom stereocenters. The van der Waals surface area contributed by atoms with E-state index in [-0.39, 0.29) is 25.1 Å². The first kappa shape index (κ1) is 23.8. The van der Waals surface area contributed by atoms with Crippen molar-refractivity contribution in [2.75, 3.05) is 13.2 Å². The van der Waals surface area contributed by atoms with Crippen LogP contribution in [0, 0.1) is 0 Å². The predicted octanol–water partition coefficient (Wildman–Crippen LogP) is 5.18. The summed E-state index contributed by atoms with van der Waals surface area (Å²) in [6, 6.07) is 16.1. The summed E-state index contributed by atoms with van der Waals surface area (Å²) in [6.07, 6.45) is 0.551. The van der Waals surface area contributed by atoms with Crippen molar-refractivity contribution >= 4 is 12.2 Å². The summed E-state index contributed by atoms with van der Waals surface area (Å²) in [5.74, 6) is 0.647. The van der Waals surface area contributed by atoms with Gasteiger partial charge in [-0.25, -0.2) is 9.59 Å². The van der Waals surface area contributed by atoms with Gasteiger partial charge in [0.1, 0.15) is 18.2 Å². The van der Waals surface area contributed by atoms with Crippen molar-refractivity contribution in [3.8, 4) is 11.1 Å². The van der Waals surface area contributed by atoms with E-state index >= 15 is 0 Å². The van der Waals surface area contributed by atoms with Gasteiger partial charge >= 0.3 is 12.2 Å². The minimum absolute atomic E-state index is 0.00339. The van der Waals surface area contributed by atoms with Gasteiger partial charge in [-0.3, -0.25) is 4.90 Å². The number of hydrogen-bond acceptors (Lipinski definition) is 7. The standard InChI is InChI=1S/C27H30N4O5/c1-27(2,3)35-25(32)28-15-23-29-24(36-30-23)22-13-8-14-31(22)26(33)34-16-21-19-11-6-4-9-17(19)18-10-5-7-12-20(18)21/h4-7,9-12,21-22H,8,13-16H2,1-3H3,(H,28,32)/t22-/m0/s1. The Bertz CT molecular complexity index is 1220. The third-order valence-electron chi connectivity index (χ3n) is 6.38. The number of alkyl carbamates (subject to hydrolysis) is 1. The lowest BCUT2D eigenvalue weighted by atomic mass is 9.98. The molecule has 1 fully saturated rings. The molecule has 36 heavy (non-hydrogen) atoms. The van der Waals surface area contributed by atoms with Crippen LogP contribution in [0.2, 0.25) is 0 Å². The normalized spacial score (nSPS) is 17.0. The summed E-state index contributed by atoms with van der Waals surface area (Å²) in [4.78, 5) is 31.0. The average Bonchev–Trinajstić information content (AvgIpc) is 3.58. The van der Waals surface area contributed by atoms with Crippen molar-refractivity contribution < 1.29 is 23.6 Å². The van der Waals surface area contributed by atoms with Crippen LogP contribution >= 0.6 is 0 Å². The summed E-state index contributed by atoms with van der Waals surface area (Å²) in [6.45, 7) is 6.24. The molecule has 2 aromatic carbocycles. The number of hydrogen-bond donors (Lipinski definition) is 1. The maximum atomic E-state index is 13.1. The smallest absolute Gasteiger partial charge is 0.410 e. The Hall–Kier alpha value is -3.88. The van der Waals surface area contributed by atoms with E-state index in [0.29, 0.717) is 24.7 Å². The number of nitrogens with one attached hydrogen (secondary N) is 1. The molecule has 1 atom stereocenters. The Morgan fingerprint density at radius 1 is 1.08 bits per heavy atom. The van der Waals surface area contributed by atoms with Crippen molar-refractivity contribution in [1.82, 2.24) is 20.4 Å². The third kappa shape index (κ3) is 4.91. The van der Waals surface area contributed by atoms with Crippen molar-refractivity contribution in [3.05, 3.63) is 71.4 Å². The lowest BCUT2D eigenvalue weighted by Gasteiger charge is -2.23. The fourth-order valence-electron chi connectivity index (χ4n) is 4.86. The first-order valence-corrected chi connectivity index (χ1v) is 12.2. The number of nitrogens with zero attached hydrogens (tertiary/aromatic N) is 3. The fraction of sp³-hybridized carbons (Fsp3) is 0.407. The molecule has 0 spiro atoms. The van der Waals surface area contributed by atoms with Crippen LogP contribution in [0.5, 0.6) is 0 Å². The number of rotatable bonds is 5. The largest absolute Gasteiger partial charge is 0.448 e. The predicted molar refractivity (Wildman–Crippen MR) is 131 cm³/mol. The van der Waals surface area contributed by atoms with Crippen LogP contribution in [-0.2, 0) is 16.0 Å². The topological polar surface area (TPSA) is 107 Å². The molecule has 2 aliphatic rings. The molecule has 1 aliphatic carbocycles. The lowest BCUT2D eigenvalue weighted by molar-refractivity contribution is 0.0521. The molecule has 0 saturated carbocycles. The number of fused-ring (bicyclic) bond motifs is 3. The second-order valence-corrected chi connectivity index (χ2v) is 10.1. The Balaban J connectivity index is 1.21. The molecule has 1 N–H and O–H groups in total. The van der Waals surface area contributed by atoms with Crippen LogP contribution in [0.3, 0.4) is 0 Å². The summed E-state index contributed by atoms with van der Waals surface area (Å²) in [5.41, 5.74) is 4.12.